The quantitative estimate of drug-likeness (QED) is 0.810. The number of aromatic nitrogens is 2. The van der Waals surface area contributed by atoms with Crippen molar-refractivity contribution in [3.8, 4) is 0 Å². The third-order valence-electron chi connectivity index (χ3n) is 3.04. The first-order valence-corrected chi connectivity index (χ1v) is 6.00. The van der Waals surface area contributed by atoms with Crippen LogP contribution in [0, 0.1) is 0 Å². The Bertz CT molecular complexity index is 343. The molecule has 90 valence electrons. The average molecular weight is 222 g/mol. The summed E-state index contributed by atoms with van der Waals surface area (Å²) in [6.07, 6.45) is 5.29. The lowest BCUT2D eigenvalue weighted by atomic mass is 10.1. The Morgan fingerprint density at radius 2 is 2.31 bits per heavy atom. The number of nitrogens with one attached hydrogen (secondary N) is 1. The molecule has 0 spiro atoms. The minimum atomic E-state index is 0.221. The summed E-state index contributed by atoms with van der Waals surface area (Å²) in [5.41, 5.74) is 1.53. The topological polar surface area (TPSA) is 33.1 Å². The Balaban J connectivity index is 1.98. The van der Waals surface area contributed by atoms with Crippen LogP contribution in [-0.2, 0) is 13.6 Å². The first-order chi connectivity index (χ1) is 7.55. The van der Waals surface area contributed by atoms with Crippen LogP contribution in [0.4, 0.5) is 0 Å². The van der Waals surface area contributed by atoms with Gasteiger partial charge in [-0.3, -0.25) is 9.58 Å². The number of aryl methyl sites for hydroxylation is 1. The van der Waals surface area contributed by atoms with Gasteiger partial charge in [0.1, 0.15) is 0 Å². The second kappa shape index (κ2) is 4.55. The van der Waals surface area contributed by atoms with E-state index in [4.69, 9.17) is 0 Å². The van der Waals surface area contributed by atoms with Crippen LogP contribution < -0.4 is 5.32 Å². The fourth-order valence-electron chi connectivity index (χ4n) is 2.37. The summed E-state index contributed by atoms with van der Waals surface area (Å²) in [5.74, 6) is 0. The lowest BCUT2D eigenvalue weighted by Gasteiger charge is -2.29. The second-order valence-corrected chi connectivity index (χ2v) is 5.40. The van der Waals surface area contributed by atoms with Gasteiger partial charge in [-0.05, 0) is 33.4 Å². The van der Waals surface area contributed by atoms with E-state index in [2.05, 4.69) is 35.4 Å². The van der Waals surface area contributed by atoms with Crippen molar-refractivity contribution in [3.05, 3.63) is 18.0 Å². The van der Waals surface area contributed by atoms with Crippen LogP contribution in [0.3, 0.4) is 0 Å². The van der Waals surface area contributed by atoms with Crippen LogP contribution in [0.25, 0.3) is 0 Å². The molecule has 0 aromatic carbocycles. The van der Waals surface area contributed by atoms with Crippen LogP contribution >= 0.6 is 0 Å². The predicted octanol–water partition coefficient (Wildman–Crippen LogP) is 0.994. The molecule has 1 N–H and O–H groups in total. The summed E-state index contributed by atoms with van der Waals surface area (Å²) in [7, 11) is 1.97. The monoisotopic (exact) mass is 222 g/mol. The lowest BCUT2D eigenvalue weighted by Crippen LogP contribution is -2.46. The Hall–Kier alpha value is -0.870. The molecule has 0 bridgehead atoms. The molecular formula is C12H22N4. The predicted molar refractivity (Wildman–Crippen MR) is 65.2 cm³/mol. The molecule has 1 fully saturated rings. The Morgan fingerprint density at radius 1 is 1.50 bits per heavy atom. The highest BCUT2D eigenvalue weighted by atomic mass is 15.2. The summed E-state index contributed by atoms with van der Waals surface area (Å²) in [6, 6.07) is 0. The summed E-state index contributed by atoms with van der Waals surface area (Å²) >= 11 is 0. The van der Waals surface area contributed by atoms with Crippen molar-refractivity contribution in [1.82, 2.24) is 20.0 Å². The maximum Gasteiger partial charge on any atom is 0.0534 e. The molecule has 4 heteroatoms. The highest BCUT2D eigenvalue weighted by Crippen LogP contribution is 2.13. The molecule has 2 heterocycles. The standard InChI is InChI=1S/C12H22N4/c1-12(2)10-16(6-4-5-13-12)9-11-7-14-15(3)8-11/h7-8,13H,4-6,9-10H2,1-3H3. The largest absolute Gasteiger partial charge is 0.310 e. The zero-order valence-corrected chi connectivity index (χ0v) is 10.5. The van der Waals surface area contributed by atoms with Gasteiger partial charge in [0.05, 0.1) is 6.20 Å². The van der Waals surface area contributed by atoms with Crippen LogP contribution in [0.2, 0.25) is 0 Å². The Kier molecular flexibility index (Phi) is 3.30. The van der Waals surface area contributed by atoms with Crippen molar-refractivity contribution in [3.63, 3.8) is 0 Å². The SMILES string of the molecule is Cn1cc(CN2CCCNC(C)(C)C2)cn1. The maximum atomic E-state index is 4.22. The van der Waals surface area contributed by atoms with Gasteiger partial charge in [0.2, 0.25) is 0 Å². The van der Waals surface area contributed by atoms with E-state index in [0.29, 0.717) is 0 Å². The average Bonchev–Trinajstić information content (AvgIpc) is 2.49. The van der Waals surface area contributed by atoms with Crippen molar-refractivity contribution < 1.29 is 0 Å². The molecular weight excluding hydrogens is 200 g/mol. The molecule has 2 rings (SSSR count). The molecule has 0 unspecified atom stereocenters. The number of nitrogens with zero attached hydrogens (tertiary/aromatic N) is 3. The molecule has 0 radical (unpaired) electrons. The highest BCUT2D eigenvalue weighted by molar-refractivity contribution is 5.04. The molecule has 1 aromatic rings. The van der Waals surface area contributed by atoms with Crippen molar-refractivity contribution in [1.29, 1.82) is 0 Å². The van der Waals surface area contributed by atoms with Gasteiger partial charge in [-0.1, -0.05) is 0 Å². The van der Waals surface area contributed by atoms with E-state index in [1.807, 2.05) is 17.9 Å². The maximum absolute atomic E-state index is 4.22. The molecule has 1 saturated heterocycles. The van der Waals surface area contributed by atoms with E-state index in [1.54, 1.807) is 0 Å². The fourth-order valence-corrected chi connectivity index (χ4v) is 2.37. The molecule has 16 heavy (non-hydrogen) atoms. The molecule has 1 aliphatic rings. The van der Waals surface area contributed by atoms with E-state index in [0.717, 1.165) is 19.6 Å². The number of hydrogen-bond donors (Lipinski definition) is 1. The van der Waals surface area contributed by atoms with Crippen molar-refractivity contribution in [2.24, 2.45) is 7.05 Å². The molecule has 1 aromatic heterocycles. The smallest absolute Gasteiger partial charge is 0.0534 e. The molecule has 1 aliphatic heterocycles. The van der Waals surface area contributed by atoms with Gasteiger partial charge < -0.3 is 5.32 Å². The normalized spacial score (nSPS) is 21.9. The molecule has 0 saturated carbocycles. The zero-order valence-electron chi connectivity index (χ0n) is 10.5. The first-order valence-electron chi connectivity index (χ1n) is 6.00. The van der Waals surface area contributed by atoms with Gasteiger partial charge in [0, 0.05) is 37.4 Å². The van der Waals surface area contributed by atoms with Crippen LogP contribution in [-0.4, -0.2) is 39.9 Å². The van der Waals surface area contributed by atoms with E-state index in [1.165, 1.54) is 18.5 Å². The van der Waals surface area contributed by atoms with Gasteiger partial charge in [-0.2, -0.15) is 5.10 Å². The van der Waals surface area contributed by atoms with Crippen molar-refractivity contribution >= 4 is 0 Å². The van der Waals surface area contributed by atoms with Gasteiger partial charge in [0.15, 0.2) is 0 Å². The van der Waals surface area contributed by atoms with E-state index in [9.17, 15) is 0 Å². The first kappa shape index (κ1) is 11.6. The fraction of sp³-hybridized carbons (Fsp3) is 0.750. The number of rotatable bonds is 2. The van der Waals surface area contributed by atoms with Crippen LogP contribution in [0.5, 0.6) is 0 Å². The summed E-state index contributed by atoms with van der Waals surface area (Å²) in [5, 5.41) is 7.80. The second-order valence-electron chi connectivity index (χ2n) is 5.40. The van der Waals surface area contributed by atoms with E-state index < -0.39 is 0 Å². The third-order valence-corrected chi connectivity index (χ3v) is 3.04. The molecule has 0 aliphatic carbocycles. The van der Waals surface area contributed by atoms with Crippen molar-refractivity contribution in [2.75, 3.05) is 19.6 Å². The summed E-state index contributed by atoms with van der Waals surface area (Å²) in [6.45, 7) is 8.95. The third kappa shape index (κ3) is 3.06. The van der Waals surface area contributed by atoms with E-state index in [-0.39, 0.29) is 5.54 Å². The number of hydrogen-bond acceptors (Lipinski definition) is 3. The Labute approximate surface area is 97.6 Å². The zero-order chi connectivity index (χ0) is 11.6. The summed E-state index contributed by atoms with van der Waals surface area (Å²) in [4.78, 5) is 2.51. The highest BCUT2D eigenvalue weighted by Gasteiger charge is 2.23. The van der Waals surface area contributed by atoms with E-state index >= 15 is 0 Å². The Morgan fingerprint density at radius 3 is 3.00 bits per heavy atom. The minimum absolute atomic E-state index is 0.221. The van der Waals surface area contributed by atoms with Gasteiger partial charge in [-0.25, -0.2) is 0 Å². The van der Waals surface area contributed by atoms with Crippen LogP contribution in [0.15, 0.2) is 12.4 Å². The van der Waals surface area contributed by atoms with Crippen molar-refractivity contribution in [2.45, 2.75) is 32.4 Å². The molecule has 4 nitrogen and oxygen atoms in total. The summed E-state index contributed by atoms with van der Waals surface area (Å²) < 4.78 is 1.87. The molecule has 0 atom stereocenters. The van der Waals surface area contributed by atoms with Gasteiger partial charge in [-0.15, -0.1) is 0 Å². The van der Waals surface area contributed by atoms with Crippen LogP contribution in [0.1, 0.15) is 25.8 Å². The lowest BCUT2D eigenvalue weighted by molar-refractivity contribution is 0.224. The van der Waals surface area contributed by atoms with Gasteiger partial charge >= 0.3 is 0 Å². The van der Waals surface area contributed by atoms with Gasteiger partial charge in [0.25, 0.3) is 0 Å². The minimum Gasteiger partial charge on any atom is -0.310 e. The molecule has 0 amide bonds.